The lowest BCUT2D eigenvalue weighted by Gasteiger charge is -2.39. The Labute approximate surface area is 230 Å². The molecule has 3 heterocycles. The molecule has 200 valence electrons. The number of carboxylic acid groups (broad SMARTS) is 1. The number of halogens is 1. The van der Waals surface area contributed by atoms with E-state index in [1.54, 1.807) is 11.0 Å². The Balaban J connectivity index is 1.58. The molecular weight excluding hydrogens is 552 g/mol. The van der Waals surface area contributed by atoms with Gasteiger partial charge in [-0.3, -0.25) is 14.4 Å². The minimum atomic E-state index is -1.31. The standard InChI is InChI=1S/C29H31BrN2O6/c1-2-13-31(16-19-11-7-4-8-12-19)27(35)25-29-15-21(30)24(38-29)22(28(36)37)23(29)26(34)32(25)20(17-33)14-18-9-5-3-6-10-18/h2-12,20-25,33H,1,13-17H2,(H,36,37)/t20-,21?,22+,23+,24+,25?,29?/m1/s1. The summed E-state index contributed by atoms with van der Waals surface area (Å²) in [5.74, 6) is -4.02. The number of amides is 2. The molecule has 0 saturated carbocycles. The van der Waals surface area contributed by atoms with Crippen molar-refractivity contribution >= 4 is 33.7 Å². The fraction of sp³-hybridized carbons (Fsp3) is 0.414. The highest BCUT2D eigenvalue weighted by molar-refractivity contribution is 9.09. The molecule has 0 aliphatic carbocycles. The number of aliphatic hydroxyl groups is 1. The van der Waals surface area contributed by atoms with Crippen molar-refractivity contribution in [2.75, 3.05) is 13.2 Å². The minimum absolute atomic E-state index is 0.235. The first-order valence-corrected chi connectivity index (χ1v) is 13.7. The van der Waals surface area contributed by atoms with E-state index in [0.29, 0.717) is 12.8 Å². The lowest BCUT2D eigenvalue weighted by atomic mass is 9.70. The van der Waals surface area contributed by atoms with Crippen LogP contribution in [0.1, 0.15) is 17.5 Å². The van der Waals surface area contributed by atoms with E-state index >= 15 is 0 Å². The molecule has 0 aromatic heterocycles. The number of likely N-dealkylation sites (tertiary alicyclic amines) is 1. The topological polar surface area (TPSA) is 107 Å². The molecule has 2 N–H and O–H groups in total. The van der Waals surface area contributed by atoms with Gasteiger partial charge in [0.25, 0.3) is 0 Å². The van der Waals surface area contributed by atoms with Crippen LogP contribution in [0.2, 0.25) is 0 Å². The molecule has 2 aromatic rings. The predicted molar refractivity (Wildman–Crippen MR) is 143 cm³/mol. The minimum Gasteiger partial charge on any atom is -0.481 e. The number of aliphatic hydroxyl groups excluding tert-OH is 1. The molecule has 2 bridgehead atoms. The van der Waals surface area contributed by atoms with E-state index in [9.17, 15) is 24.6 Å². The Hall–Kier alpha value is -3.01. The first kappa shape index (κ1) is 26.6. The van der Waals surface area contributed by atoms with Crippen molar-refractivity contribution in [3.8, 4) is 0 Å². The first-order valence-electron chi connectivity index (χ1n) is 12.8. The molecule has 8 nitrogen and oxygen atoms in total. The summed E-state index contributed by atoms with van der Waals surface area (Å²) in [7, 11) is 0. The van der Waals surface area contributed by atoms with Crippen molar-refractivity contribution in [2.24, 2.45) is 11.8 Å². The zero-order valence-corrected chi connectivity index (χ0v) is 22.4. The number of rotatable bonds is 10. The van der Waals surface area contributed by atoms with Gasteiger partial charge in [0, 0.05) is 17.9 Å². The summed E-state index contributed by atoms with van der Waals surface area (Å²) in [6, 6.07) is 17.1. The van der Waals surface area contributed by atoms with Gasteiger partial charge < -0.3 is 24.7 Å². The molecule has 38 heavy (non-hydrogen) atoms. The molecule has 5 rings (SSSR count). The van der Waals surface area contributed by atoms with Crippen LogP contribution in [0.15, 0.2) is 73.3 Å². The molecule has 0 radical (unpaired) electrons. The Morgan fingerprint density at radius 1 is 1.16 bits per heavy atom. The molecule has 3 aliphatic heterocycles. The SMILES string of the molecule is C=CCN(Cc1ccccc1)C(=O)C1N([C@@H](CO)Cc2ccccc2)C(=O)[C@@H]2[C@H](C(=O)O)[C@H]3OC12CC3Br. The maximum absolute atomic E-state index is 14.4. The lowest BCUT2D eigenvalue weighted by molar-refractivity contribution is -0.153. The van der Waals surface area contributed by atoms with Crippen LogP contribution in [-0.4, -0.2) is 79.6 Å². The van der Waals surface area contributed by atoms with Crippen molar-refractivity contribution in [3.63, 3.8) is 0 Å². The second kappa shape index (κ2) is 10.6. The molecule has 3 saturated heterocycles. The quantitative estimate of drug-likeness (QED) is 0.329. The smallest absolute Gasteiger partial charge is 0.310 e. The summed E-state index contributed by atoms with van der Waals surface area (Å²) in [4.78, 5) is 43.7. The summed E-state index contributed by atoms with van der Waals surface area (Å²) in [5.41, 5.74) is 0.496. The highest BCUT2D eigenvalue weighted by atomic mass is 79.9. The molecule has 2 aromatic carbocycles. The van der Waals surface area contributed by atoms with Gasteiger partial charge in [-0.1, -0.05) is 82.7 Å². The van der Waals surface area contributed by atoms with Gasteiger partial charge in [0.2, 0.25) is 11.8 Å². The highest BCUT2D eigenvalue weighted by Gasteiger charge is 2.77. The lowest BCUT2D eigenvalue weighted by Crippen LogP contribution is -2.59. The van der Waals surface area contributed by atoms with Gasteiger partial charge in [-0.2, -0.15) is 0 Å². The van der Waals surface area contributed by atoms with Crippen molar-refractivity contribution in [2.45, 2.75) is 48.0 Å². The summed E-state index contributed by atoms with van der Waals surface area (Å²) >= 11 is 3.57. The fourth-order valence-corrected chi connectivity index (χ4v) is 7.47. The number of benzene rings is 2. The molecule has 7 atom stereocenters. The Bertz CT molecular complexity index is 1210. The highest BCUT2D eigenvalue weighted by Crippen LogP contribution is 2.60. The number of aliphatic carboxylic acids is 1. The maximum atomic E-state index is 14.4. The van der Waals surface area contributed by atoms with Crippen LogP contribution in [0.25, 0.3) is 0 Å². The average molecular weight is 583 g/mol. The maximum Gasteiger partial charge on any atom is 0.310 e. The van der Waals surface area contributed by atoms with E-state index in [4.69, 9.17) is 4.74 Å². The summed E-state index contributed by atoms with van der Waals surface area (Å²) in [6.45, 7) is 3.96. The number of nitrogens with zero attached hydrogens (tertiary/aromatic N) is 2. The van der Waals surface area contributed by atoms with Gasteiger partial charge in [0.05, 0.1) is 30.6 Å². The fourth-order valence-electron chi connectivity index (χ4n) is 6.52. The van der Waals surface area contributed by atoms with Gasteiger partial charge in [-0.15, -0.1) is 6.58 Å². The van der Waals surface area contributed by atoms with Crippen LogP contribution in [0.5, 0.6) is 0 Å². The van der Waals surface area contributed by atoms with Gasteiger partial charge in [0.15, 0.2) is 0 Å². The van der Waals surface area contributed by atoms with Crippen LogP contribution in [-0.2, 0) is 32.1 Å². The monoisotopic (exact) mass is 582 g/mol. The van der Waals surface area contributed by atoms with Crippen LogP contribution in [0.4, 0.5) is 0 Å². The van der Waals surface area contributed by atoms with E-state index < -0.39 is 47.5 Å². The second-order valence-electron chi connectivity index (χ2n) is 10.3. The van der Waals surface area contributed by atoms with Crippen molar-refractivity contribution in [1.82, 2.24) is 9.80 Å². The van der Waals surface area contributed by atoms with Crippen LogP contribution in [0, 0.1) is 11.8 Å². The van der Waals surface area contributed by atoms with Crippen LogP contribution < -0.4 is 0 Å². The zero-order chi connectivity index (χ0) is 27.0. The molecule has 2 amide bonds. The number of carboxylic acids is 1. The van der Waals surface area contributed by atoms with Gasteiger partial charge in [-0.05, 0) is 24.0 Å². The molecule has 3 aliphatic rings. The normalized spacial score (nSPS) is 30.2. The van der Waals surface area contributed by atoms with Gasteiger partial charge in [-0.25, -0.2) is 0 Å². The number of carbonyl (C=O) groups is 3. The average Bonchev–Trinajstić information content (AvgIpc) is 3.51. The summed E-state index contributed by atoms with van der Waals surface area (Å²) < 4.78 is 6.38. The number of hydrogen-bond acceptors (Lipinski definition) is 5. The third-order valence-electron chi connectivity index (χ3n) is 8.04. The Kier molecular flexibility index (Phi) is 7.44. The van der Waals surface area contributed by atoms with Gasteiger partial charge in [0.1, 0.15) is 11.6 Å². The number of fused-ring (bicyclic) bond motifs is 1. The largest absolute Gasteiger partial charge is 0.481 e. The summed E-state index contributed by atoms with van der Waals surface area (Å²) in [5, 5.41) is 20.6. The van der Waals surface area contributed by atoms with E-state index in [-0.39, 0.29) is 30.4 Å². The van der Waals surface area contributed by atoms with Crippen LogP contribution >= 0.6 is 15.9 Å². The molecule has 9 heteroatoms. The Morgan fingerprint density at radius 3 is 2.37 bits per heavy atom. The van der Waals surface area contributed by atoms with Gasteiger partial charge >= 0.3 is 5.97 Å². The molecular formula is C29H31BrN2O6. The molecule has 3 fully saturated rings. The zero-order valence-electron chi connectivity index (χ0n) is 20.9. The molecule has 3 unspecified atom stereocenters. The van der Waals surface area contributed by atoms with E-state index in [0.717, 1.165) is 11.1 Å². The van der Waals surface area contributed by atoms with E-state index in [2.05, 4.69) is 22.5 Å². The Morgan fingerprint density at radius 2 is 1.79 bits per heavy atom. The van der Waals surface area contributed by atoms with Crippen molar-refractivity contribution in [3.05, 3.63) is 84.4 Å². The van der Waals surface area contributed by atoms with Crippen molar-refractivity contribution < 1.29 is 29.3 Å². The molecule has 1 spiro atoms. The van der Waals surface area contributed by atoms with E-state index in [1.165, 1.54) is 4.90 Å². The third-order valence-corrected chi connectivity index (χ3v) is 8.89. The second-order valence-corrected chi connectivity index (χ2v) is 11.4. The number of ether oxygens (including phenoxy) is 1. The summed E-state index contributed by atoms with van der Waals surface area (Å²) in [6.07, 6.45) is 1.55. The number of hydrogen-bond donors (Lipinski definition) is 2. The first-order chi connectivity index (χ1) is 18.3. The third kappa shape index (κ3) is 4.36. The number of alkyl halides is 1. The number of carbonyl (C=O) groups excluding carboxylic acids is 2. The predicted octanol–water partition coefficient (Wildman–Crippen LogP) is 2.64. The van der Waals surface area contributed by atoms with E-state index in [1.807, 2.05) is 60.7 Å². The van der Waals surface area contributed by atoms with Crippen LogP contribution in [0.3, 0.4) is 0 Å². The van der Waals surface area contributed by atoms with Crippen molar-refractivity contribution in [1.29, 1.82) is 0 Å².